The molecule has 0 radical (unpaired) electrons. The molecular weight excluding hydrogens is 241 g/mol. The first-order valence-electron chi connectivity index (χ1n) is 5.73. The molecule has 18 heavy (non-hydrogen) atoms. The van der Waals surface area contributed by atoms with Crippen LogP contribution in [0.4, 0.5) is 13.2 Å². The van der Waals surface area contributed by atoms with E-state index in [4.69, 9.17) is 0 Å². The normalized spacial score (nSPS) is 11.2. The molecule has 1 aromatic heterocycles. The van der Waals surface area contributed by atoms with Gasteiger partial charge in [0.25, 0.3) is 0 Å². The van der Waals surface area contributed by atoms with Crippen molar-refractivity contribution in [3.63, 3.8) is 0 Å². The molecule has 0 aromatic carbocycles. The van der Waals surface area contributed by atoms with Gasteiger partial charge in [-0.05, 0) is 20.8 Å². The smallest absolute Gasteiger partial charge is 0.274 e. The number of alkyl halides is 3. The van der Waals surface area contributed by atoms with Crippen molar-refractivity contribution in [2.45, 2.75) is 40.8 Å². The van der Waals surface area contributed by atoms with Gasteiger partial charge in [0.2, 0.25) is 0 Å². The molecular formula is C13H19F3N2. The molecule has 0 amide bonds. The van der Waals surface area contributed by atoms with Crippen molar-refractivity contribution in [1.82, 2.24) is 9.78 Å². The molecule has 5 heteroatoms. The Hall–Kier alpha value is -1.44. The lowest BCUT2D eigenvalue weighted by atomic mass is 9.97. The van der Waals surface area contributed by atoms with Gasteiger partial charge in [0.1, 0.15) is 0 Å². The third-order valence-corrected chi connectivity index (χ3v) is 1.67. The lowest BCUT2D eigenvalue weighted by Crippen LogP contribution is -2.08. The largest absolute Gasteiger partial charge is 0.436 e. The van der Waals surface area contributed by atoms with E-state index in [1.807, 2.05) is 34.6 Å². The van der Waals surface area contributed by atoms with Crippen molar-refractivity contribution in [1.29, 1.82) is 0 Å². The van der Waals surface area contributed by atoms with Gasteiger partial charge in [-0.1, -0.05) is 25.7 Å². The van der Waals surface area contributed by atoms with Crippen LogP contribution in [0.25, 0.3) is 0 Å². The quantitative estimate of drug-likeness (QED) is 0.648. The molecule has 1 aromatic rings. The van der Waals surface area contributed by atoms with Gasteiger partial charge in [-0.2, -0.15) is 18.3 Å². The molecule has 0 saturated heterocycles. The fourth-order valence-electron chi connectivity index (χ4n) is 1.04. The summed E-state index contributed by atoms with van der Waals surface area (Å²) < 4.78 is 38.7. The minimum absolute atomic E-state index is 0.0788. The Labute approximate surface area is 106 Å². The summed E-state index contributed by atoms with van der Waals surface area (Å²) in [7, 11) is 1.44. The molecule has 0 atom stereocenters. The SMILES string of the molecule is CC.Cn1cc(C#CC(C)(C)C)c(C(F)(F)F)n1. The van der Waals surface area contributed by atoms with E-state index in [0.29, 0.717) is 0 Å². The third-order valence-electron chi connectivity index (χ3n) is 1.67. The predicted molar refractivity (Wildman–Crippen MR) is 65.9 cm³/mol. The molecule has 0 spiro atoms. The second-order valence-electron chi connectivity index (χ2n) is 4.56. The number of rotatable bonds is 0. The van der Waals surface area contributed by atoms with Gasteiger partial charge in [-0.15, -0.1) is 0 Å². The van der Waals surface area contributed by atoms with Crippen molar-refractivity contribution >= 4 is 0 Å². The molecule has 0 unspecified atom stereocenters. The standard InChI is InChI=1S/C11H13F3N2.C2H6/c1-10(2,3)6-5-8-7-16(4)15-9(8)11(12,13)14;1-2/h7H,1-4H3;1-2H3. The van der Waals surface area contributed by atoms with Crippen molar-refractivity contribution in [2.75, 3.05) is 0 Å². The van der Waals surface area contributed by atoms with Gasteiger partial charge in [-0.3, -0.25) is 4.68 Å². The molecule has 0 fully saturated rings. The summed E-state index contributed by atoms with van der Waals surface area (Å²) in [5.74, 6) is 5.29. The maximum Gasteiger partial charge on any atom is 0.436 e. The van der Waals surface area contributed by atoms with Gasteiger partial charge in [0.05, 0.1) is 5.56 Å². The minimum atomic E-state index is -4.46. The Morgan fingerprint density at radius 1 is 1.17 bits per heavy atom. The van der Waals surface area contributed by atoms with Crippen molar-refractivity contribution in [2.24, 2.45) is 12.5 Å². The zero-order valence-corrected chi connectivity index (χ0v) is 11.6. The summed E-state index contributed by atoms with van der Waals surface area (Å²) in [6, 6.07) is 0. The molecule has 2 nitrogen and oxygen atoms in total. The second kappa shape index (κ2) is 5.94. The molecule has 1 rings (SSSR count). The lowest BCUT2D eigenvalue weighted by Gasteiger charge is -2.07. The van der Waals surface area contributed by atoms with Crippen LogP contribution in [-0.2, 0) is 13.2 Å². The average Bonchev–Trinajstić information content (AvgIpc) is 2.58. The van der Waals surface area contributed by atoms with Crippen LogP contribution in [-0.4, -0.2) is 9.78 Å². The highest BCUT2D eigenvalue weighted by molar-refractivity contribution is 5.38. The predicted octanol–water partition coefficient (Wildman–Crippen LogP) is 3.86. The van der Waals surface area contributed by atoms with E-state index in [-0.39, 0.29) is 11.0 Å². The summed E-state index contributed by atoms with van der Waals surface area (Å²) in [5.41, 5.74) is -1.34. The molecule has 0 N–H and O–H groups in total. The lowest BCUT2D eigenvalue weighted by molar-refractivity contribution is -0.141. The van der Waals surface area contributed by atoms with Crippen LogP contribution in [0.3, 0.4) is 0 Å². The first-order chi connectivity index (χ1) is 8.09. The molecule has 0 aliphatic heterocycles. The van der Waals surface area contributed by atoms with Crippen LogP contribution in [0.15, 0.2) is 6.20 Å². The molecule has 0 aliphatic carbocycles. The maximum absolute atomic E-state index is 12.5. The Morgan fingerprint density at radius 3 is 2.06 bits per heavy atom. The molecule has 0 saturated carbocycles. The Kier molecular flexibility index (Phi) is 5.47. The monoisotopic (exact) mass is 260 g/mol. The third kappa shape index (κ3) is 5.26. The van der Waals surface area contributed by atoms with Gasteiger partial charge >= 0.3 is 6.18 Å². The molecule has 0 bridgehead atoms. The maximum atomic E-state index is 12.5. The van der Waals surface area contributed by atoms with Gasteiger partial charge in [-0.25, -0.2) is 0 Å². The van der Waals surface area contributed by atoms with E-state index in [1.165, 1.54) is 13.2 Å². The highest BCUT2D eigenvalue weighted by Gasteiger charge is 2.36. The highest BCUT2D eigenvalue weighted by Crippen LogP contribution is 2.30. The van der Waals surface area contributed by atoms with Crippen molar-refractivity contribution in [3.8, 4) is 11.8 Å². The number of aryl methyl sites for hydroxylation is 1. The molecule has 1 heterocycles. The van der Waals surface area contributed by atoms with E-state index >= 15 is 0 Å². The van der Waals surface area contributed by atoms with E-state index < -0.39 is 11.9 Å². The zero-order valence-electron chi connectivity index (χ0n) is 11.6. The first kappa shape index (κ1) is 16.6. The van der Waals surface area contributed by atoms with E-state index in [1.54, 1.807) is 0 Å². The molecule has 102 valence electrons. The number of hydrogen-bond acceptors (Lipinski definition) is 1. The topological polar surface area (TPSA) is 17.8 Å². The van der Waals surface area contributed by atoms with Crippen LogP contribution in [0.2, 0.25) is 0 Å². The number of hydrogen-bond donors (Lipinski definition) is 0. The summed E-state index contributed by atoms with van der Waals surface area (Å²) in [5, 5.41) is 3.37. The Morgan fingerprint density at radius 2 is 1.67 bits per heavy atom. The van der Waals surface area contributed by atoms with Crippen LogP contribution < -0.4 is 0 Å². The summed E-state index contributed by atoms with van der Waals surface area (Å²) >= 11 is 0. The summed E-state index contributed by atoms with van der Waals surface area (Å²) in [6.45, 7) is 9.51. The van der Waals surface area contributed by atoms with Crippen LogP contribution in [0, 0.1) is 17.3 Å². The van der Waals surface area contributed by atoms with Crippen molar-refractivity contribution < 1.29 is 13.2 Å². The van der Waals surface area contributed by atoms with E-state index in [0.717, 1.165) is 4.68 Å². The average molecular weight is 260 g/mol. The van der Waals surface area contributed by atoms with Crippen LogP contribution in [0.5, 0.6) is 0 Å². The highest BCUT2D eigenvalue weighted by atomic mass is 19.4. The van der Waals surface area contributed by atoms with E-state index in [9.17, 15) is 13.2 Å². The van der Waals surface area contributed by atoms with Crippen molar-refractivity contribution in [3.05, 3.63) is 17.5 Å². The van der Waals surface area contributed by atoms with Crippen LogP contribution in [0.1, 0.15) is 45.9 Å². The number of halogens is 3. The summed E-state index contributed by atoms with van der Waals surface area (Å²) in [4.78, 5) is 0. The fourth-order valence-corrected chi connectivity index (χ4v) is 1.04. The number of aromatic nitrogens is 2. The Bertz CT molecular complexity index is 440. The minimum Gasteiger partial charge on any atom is -0.274 e. The zero-order chi connectivity index (χ0) is 14.6. The van der Waals surface area contributed by atoms with Crippen LogP contribution >= 0.6 is 0 Å². The van der Waals surface area contributed by atoms with Gasteiger partial charge in [0, 0.05) is 18.7 Å². The van der Waals surface area contributed by atoms with E-state index in [2.05, 4.69) is 16.9 Å². The first-order valence-corrected chi connectivity index (χ1v) is 5.73. The summed E-state index contributed by atoms with van der Waals surface area (Å²) in [6.07, 6.45) is -3.18. The van der Waals surface area contributed by atoms with Gasteiger partial charge < -0.3 is 0 Å². The number of nitrogens with zero attached hydrogens (tertiary/aromatic N) is 2. The second-order valence-corrected chi connectivity index (χ2v) is 4.56. The fraction of sp³-hybridized carbons (Fsp3) is 0.615. The van der Waals surface area contributed by atoms with Gasteiger partial charge in [0.15, 0.2) is 5.69 Å². The Balaban J connectivity index is 0.00000137. The molecule has 0 aliphatic rings.